The van der Waals surface area contributed by atoms with E-state index in [0.717, 1.165) is 0 Å². The van der Waals surface area contributed by atoms with Crippen molar-refractivity contribution in [1.29, 1.82) is 0 Å². The normalized spacial score (nSPS) is 16.3. The monoisotopic (exact) mass is 978 g/mol. The van der Waals surface area contributed by atoms with Gasteiger partial charge in [0.2, 0.25) is 0 Å². The van der Waals surface area contributed by atoms with Gasteiger partial charge in [0.1, 0.15) is 23.3 Å². The van der Waals surface area contributed by atoms with Gasteiger partial charge in [-0.1, -0.05) is 7.43 Å². The van der Waals surface area contributed by atoms with Crippen molar-refractivity contribution in [3.05, 3.63) is 47.8 Å². The van der Waals surface area contributed by atoms with Gasteiger partial charge in [0.05, 0.1) is 45.6 Å². The molecule has 2 aliphatic rings. The summed E-state index contributed by atoms with van der Waals surface area (Å²) in [6.45, 7) is 19.5. The summed E-state index contributed by atoms with van der Waals surface area (Å²) in [5.74, 6) is 1.65. The van der Waals surface area contributed by atoms with Crippen LogP contribution in [0.2, 0.25) is 0 Å². The Labute approximate surface area is 413 Å². The van der Waals surface area contributed by atoms with Crippen LogP contribution in [0.25, 0.3) is 22.8 Å². The molecule has 0 bridgehead atoms. The summed E-state index contributed by atoms with van der Waals surface area (Å²) in [6.07, 6.45) is 6.18. The third-order valence-electron chi connectivity index (χ3n) is 9.14. The van der Waals surface area contributed by atoms with Crippen molar-refractivity contribution >= 4 is 66.3 Å². The third kappa shape index (κ3) is 17.8. The number of pyridine rings is 2. The SMILES string of the molecule is C.COC(=O)c1cc(-c2nc(N=S(C)(C)=O)cc(N3CCOC[C@H]3C)n2)cc(NC(C)(C)C)n1.C[C@@H]1COCCN1c1cc(N=S(C)(C)=O)nc(-c2cc(NC(C)(C)C)nc(C(=O)O)c2)n1.[Li+].[OH-]. The zero-order chi connectivity index (χ0) is 48.1. The summed E-state index contributed by atoms with van der Waals surface area (Å²) < 4.78 is 49.3. The van der Waals surface area contributed by atoms with Crippen LogP contribution in [0.5, 0.6) is 0 Å². The molecule has 2 fully saturated rings. The minimum absolute atomic E-state index is 0. The summed E-state index contributed by atoms with van der Waals surface area (Å²) in [6, 6.07) is 10.1. The Balaban J connectivity index is 0.000000447. The minimum Gasteiger partial charge on any atom is -0.870 e. The fourth-order valence-electron chi connectivity index (χ4n) is 6.61. The maximum absolute atomic E-state index is 12.4. The van der Waals surface area contributed by atoms with Gasteiger partial charge < -0.3 is 45.2 Å². The van der Waals surface area contributed by atoms with E-state index < -0.39 is 31.4 Å². The number of aromatic nitrogens is 6. The van der Waals surface area contributed by atoms with E-state index in [2.05, 4.69) is 49.1 Å². The van der Waals surface area contributed by atoms with Gasteiger partial charge in [-0.3, -0.25) is 0 Å². The van der Waals surface area contributed by atoms with E-state index in [4.69, 9.17) is 24.2 Å². The number of rotatable bonds is 10. The van der Waals surface area contributed by atoms with Crippen LogP contribution in [0.4, 0.5) is 34.9 Å². The van der Waals surface area contributed by atoms with Gasteiger partial charge >= 0.3 is 30.8 Å². The molecule has 2 aliphatic heterocycles. The Kier molecular flexibility index (Phi) is 20.9. The molecule has 4 aromatic heterocycles. The zero-order valence-corrected chi connectivity index (χ0v) is 42.5. The summed E-state index contributed by atoms with van der Waals surface area (Å²) in [4.78, 5) is 55.3. The van der Waals surface area contributed by atoms with Crippen LogP contribution in [-0.4, -0.2) is 156 Å². The number of ether oxygens (including phenoxy) is 3. The molecule has 21 nitrogen and oxygen atoms in total. The van der Waals surface area contributed by atoms with E-state index in [0.29, 0.717) is 85.6 Å². The van der Waals surface area contributed by atoms with Gasteiger partial charge in [-0.15, -0.1) is 0 Å². The average molecular weight is 979 g/mol. The number of anilines is 4. The molecular formula is C44H67LiN12O9S2. The van der Waals surface area contributed by atoms with Crippen molar-refractivity contribution in [2.24, 2.45) is 8.73 Å². The van der Waals surface area contributed by atoms with Crippen LogP contribution in [0.15, 0.2) is 45.1 Å². The first kappa shape index (κ1) is 59.1. The minimum atomic E-state index is -2.47. The largest absolute Gasteiger partial charge is 1.00 e. The molecule has 0 spiro atoms. The molecule has 2 atom stereocenters. The van der Waals surface area contributed by atoms with Gasteiger partial charge in [-0.25, -0.2) is 47.9 Å². The number of carboxylic acid groups (broad SMARTS) is 1. The number of esters is 1. The van der Waals surface area contributed by atoms with E-state index in [1.54, 1.807) is 42.8 Å². The molecule has 6 heterocycles. The van der Waals surface area contributed by atoms with Crippen LogP contribution >= 0.6 is 0 Å². The zero-order valence-electron chi connectivity index (χ0n) is 40.9. The van der Waals surface area contributed by atoms with Crippen LogP contribution in [0, 0.1) is 0 Å². The van der Waals surface area contributed by atoms with Crippen molar-refractivity contribution in [1.82, 2.24) is 29.9 Å². The molecule has 68 heavy (non-hydrogen) atoms. The maximum atomic E-state index is 12.4. The summed E-state index contributed by atoms with van der Waals surface area (Å²) >= 11 is 0. The molecule has 4 N–H and O–H groups in total. The summed E-state index contributed by atoms with van der Waals surface area (Å²) in [5.41, 5.74) is 0.419. The van der Waals surface area contributed by atoms with E-state index in [1.807, 2.05) is 55.4 Å². The number of hydrogen-bond acceptors (Lipinski definition) is 20. The Morgan fingerprint density at radius 3 is 1.41 bits per heavy atom. The molecule has 24 heteroatoms. The fourth-order valence-corrected chi connectivity index (χ4v) is 7.70. The van der Waals surface area contributed by atoms with Gasteiger partial charge in [0, 0.05) is 91.9 Å². The molecule has 370 valence electrons. The molecular weight excluding hydrogens is 912 g/mol. The van der Waals surface area contributed by atoms with Crippen LogP contribution in [0.3, 0.4) is 0 Å². The summed E-state index contributed by atoms with van der Waals surface area (Å²) in [7, 11) is -3.61. The first-order valence-electron chi connectivity index (χ1n) is 20.9. The van der Waals surface area contributed by atoms with Crippen molar-refractivity contribution in [2.75, 3.05) is 92.1 Å². The van der Waals surface area contributed by atoms with Crippen LogP contribution in [-0.2, 0) is 33.7 Å². The van der Waals surface area contributed by atoms with Gasteiger partial charge in [0.25, 0.3) is 0 Å². The molecule has 0 radical (unpaired) electrons. The molecule has 6 rings (SSSR count). The van der Waals surface area contributed by atoms with Gasteiger partial charge in [0.15, 0.2) is 34.7 Å². The van der Waals surface area contributed by atoms with Gasteiger partial charge in [-0.2, -0.15) is 8.73 Å². The molecule has 0 saturated carbocycles. The number of carboxylic acids is 1. The standard InChI is InChI=1S/C22H32N6O4S.C21H30N6O4S.CH4.Li.H2O/c1-14-13-32-9-8-28(14)19-12-18(27-33(6,7)30)24-20(25-19)15-10-16(21(29)31-5)23-17(11-15)26-22(2,3)4;1-13-12-31-8-7-27(13)18-11-17(26-32(5,6)30)23-19(24-18)14-9-15(20(28)29)22-16(10-14)25-21(2,3)4;;;/h10-12,14H,8-9,13H2,1-7H3,(H,23,26);9-11,13H,7-8,12H2,1-6H3,(H,22,25)(H,28,29);1H4;;1H2/q;;;+1;/p-1/t14-;13-;;;/m11.../s1. The van der Waals surface area contributed by atoms with E-state index in [1.165, 1.54) is 25.7 Å². The number of nitrogens with zero attached hydrogens (tertiary/aromatic N) is 10. The predicted molar refractivity (Wildman–Crippen MR) is 264 cm³/mol. The van der Waals surface area contributed by atoms with Crippen molar-refractivity contribution in [2.45, 2.75) is 86.0 Å². The number of carbonyl (C=O) groups is 2. The molecule has 0 unspecified atom stereocenters. The number of nitrogens with one attached hydrogen (secondary N) is 2. The Bertz CT molecular complexity index is 2650. The Hall–Kier alpha value is -5.02. The second kappa shape index (κ2) is 24.0. The molecule has 0 aliphatic carbocycles. The van der Waals surface area contributed by atoms with Crippen molar-refractivity contribution in [3.8, 4) is 22.8 Å². The maximum Gasteiger partial charge on any atom is 1.00 e. The van der Waals surface area contributed by atoms with Crippen LogP contribution in [0.1, 0.15) is 83.8 Å². The van der Waals surface area contributed by atoms with Gasteiger partial charge in [-0.05, 0) is 79.7 Å². The van der Waals surface area contributed by atoms with Crippen molar-refractivity contribution in [3.63, 3.8) is 0 Å². The molecule has 4 aromatic rings. The quantitative estimate of drug-likeness (QED) is 0.151. The van der Waals surface area contributed by atoms with Crippen molar-refractivity contribution < 1.29 is 61.7 Å². The van der Waals surface area contributed by atoms with E-state index in [-0.39, 0.29) is 78.0 Å². The number of methoxy groups -OCH3 is 1. The smallest absolute Gasteiger partial charge is 0.870 e. The second-order valence-electron chi connectivity index (χ2n) is 18.4. The topological polar surface area (TPSA) is 279 Å². The Morgan fingerprint density at radius 1 is 0.691 bits per heavy atom. The van der Waals surface area contributed by atoms with Crippen LogP contribution < -0.4 is 39.3 Å². The first-order chi connectivity index (χ1) is 30.1. The van der Waals surface area contributed by atoms with E-state index >= 15 is 0 Å². The predicted octanol–water partition coefficient (Wildman–Crippen LogP) is 3.61. The average Bonchev–Trinajstić information content (AvgIpc) is 3.18. The number of hydrogen-bond donors (Lipinski definition) is 3. The summed E-state index contributed by atoms with van der Waals surface area (Å²) in [5, 5.41) is 16.0. The fraction of sp³-hybridized carbons (Fsp3) is 0.545. The molecule has 0 amide bonds. The number of morpholine rings is 2. The molecule has 2 saturated heterocycles. The Morgan fingerprint density at radius 2 is 1.07 bits per heavy atom. The first-order valence-corrected chi connectivity index (χ1v) is 25.6. The third-order valence-corrected chi connectivity index (χ3v) is 10.4. The second-order valence-corrected chi connectivity index (χ2v) is 23.5. The number of carbonyl (C=O) groups excluding carboxylic acids is 1. The number of aromatic carboxylic acids is 1. The molecule has 0 aromatic carbocycles. The van der Waals surface area contributed by atoms with E-state index in [9.17, 15) is 23.1 Å².